The van der Waals surface area contributed by atoms with Crippen LogP contribution in [-0.2, 0) is 0 Å². The Morgan fingerprint density at radius 1 is 1.89 bits per heavy atom. The molecule has 1 rings (SSSR count). The van der Waals surface area contributed by atoms with E-state index in [0.717, 1.165) is 0 Å². The highest BCUT2D eigenvalue weighted by atomic mass is 16.3. The zero-order valence-corrected chi connectivity index (χ0v) is 4.91. The van der Waals surface area contributed by atoms with Crippen LogP contribution in [0.1, 0.15) is 11.9 Å². The van der Waals surface area contributed by atoms with Crippen molar-refractivity contribution < 1.29 is 5.11 Å². The molecule has 1 aromatic rings. The van der Waals surface area contributed by atoms with Gasteiger partial charge in [-0.05, 0) is 0 Å². The van der Waals surface area contributed by atoms with Gasteiger partial charge >= 0.3 is 0 Å². The van der Waals surface area contributed by atoms with Gasteiger partial charge in [-0.1, -0.05) is 0 Å². The zero-order valence-electron chi connectivity index (χ0n) is 4.91. The number of hydrogen-bond donors (Lipinski definition) is 3. The molecule has 0 aromatic carbocycles. The number of H-pyrrole nitrogens is 1. The molecule has 1 aromatic heterocycles. The first-order chi connectivity index (χ1) is 4.34. The number of nitrogens with one attached hydrogen (secondary N) is 1. The molecule has 1 heterocycles. The molecule has 0 saturated carbocycles. The Labute approximate surface area is 52.7 Å². The maximum absolute atomic E-state index is 8.52. The van der Waals surface area contributed by atoms with E-state index in [0.29, 0.717) is 5.82 Å². The second-order valence-corrected chi connectivity index (χ2v) is 1.76. The van der Waals surface area contributed by atoms with Gasteiger partial charge in [0.1, 0.15) is 5.82 Å². The van der Waals surface area contributed by atoms with Gasteiger partial charge in [0.05, 0.1) is 12.6 Å². The van der Waals surface area contributed by atoms with Gasteiger partial charge < -0.3 is 15.8 Å². The Balaban J connectivity index is 2.65. The highest BCUT2D eigenvalue weighted by molar-refractivity contribution is 4.93. The number of aliphatic hydroxyl groups is 1. The van der Waals surface area contributed by atoms with Crippen LogP contribution < -0.4 is 5.73 Å². The van der Waals surface area contributed by atoms with E-state index in [1.54, 1.807) is 12.4 Å². The van der Waals surface area contributed by atoms with Crippen LogP contribution in [0.2, 0.25) is 0 Å². The van der Waals surface area contributed by atoms with Gasteiger partial charge in [0.2, 0.25) is 0 Å². The Kier molecular flexibility index (Phi) is 1.81. The van der Waals surface area contributed by atoms with Crippen LogP contribution in [0, 0.1) is 0 Å². The fourth-order valence-electron chi connectivity index (χ4n) is 0.567. The van der Waals surface area contributed by atoms with Crippen LogP contribution in [0.25, 0.3) is 0 Å². The van der Waals surface area contributed by atoms with Crippen LogP contribution in [0.5, 0.6) is 0 Å². The van der Waals surface area contributed by atoms with E-state index in [9.17, 15) is 0 Å². The minimum Gasteiger partial charge on any atom is -0.394 e. The van der Waals surface area contributed by atoms with Gasteiger partial charge in [-0.3, -0.25) is 0 Å². The monoisotopic (exact) mass is 127 g/mol. The Morgan fingerprint density at radius 2 is 2.67 bits per heavy atom. The van der Waals surface area contributed by atoms with Gasteiger partial charge in [0.25, 0.3) is 0 Å². The fourth-order valence-corrected chi connectivity index (χ4v) is 0.567. The Morgan fingerprint density at radius 3 is 3.11 bits per heavy atom. The van der Waals surface area contributed by atoms with E-state index < -0.39 is 0 Å². The van der Waals surface area contributed by atoms with Gasteiger partial charge in [-0.2, -0.15) is 0 Å². The van der Waals surface area contributed by atoms with Crippen molar-refractivity contribution in [2.24, 2.45) is 5.73 Å². The molecule has 0 fully saturated rings. The molecule has 4 heteroatoms. The number of aromatic nitrogens is 2. The summed E-state index contributed by atoms with van der Waals surface area (Å²) >= 11 is 0. The molecule has 0 saturated heterocycles. The van der Waals surface area contributed by atoms with Crippen molar-refractivity contribution in [3.63, 3.8) is 0 Å². The van der Waals surface area contributed by atoms with Crippen molar-refractivity contribution in [3.05, 3.63) is 18.2 Å². The first-order valence-corrected chi connectivity index (χ1v) is 2.70. The van der Waals surface area contributed by atoms with Crippen molar-refractivity contribution in [1.29, 1.82) is 0 Å². The average molecular weight is 127 g/mol. The highest BCUT2D eigenvalue weighted by Crippen LogP contribution is 1.99. The molecule has 4 N–H and O–H groups in total. The molecule has 0 amide bonds. The molecule has 4 nitrogen and oxygen atoms in total. The first-order valence-electron chi connectivity index (χ1n) is 2.70. The topological polar surface area (TPSA) is 74.9 Å². The third kappa shape index (κ3) is 1.28. The van der Waals surface area contributed by atoms with Crippen LogP contribution in [0.15, 0.2) is 12.4 Å². The summed E-state index contributed by atoms with van der Waals surface area (Å²) in [6.07, 6.45) is 3.27. The second kappa shape index (κ2) is 2.61. The summed E-state index contributed by atoms with van der Waals surface area (Å²) < 4.78 is 0. The number of aliphatic hydroxyl groups excluding tert-OH is 1. The summed E-state index contributed by atoms with van der Waals surface area (Å²) in [5, 5.41) is 8.52. The number of hydrogen-bond acceptors (Lipinski definition) is 3. The summed E-state index contributed by atoms with van der Waals surface area (Å²) in [4.78, 5) is 6.64. The van der Waals surface area contributed by atoms with Crippen molar-refractivity contribution >= 4 is 0 Å². The van der Waals surface area contributed by atoms with E-state index in [1.165, 1.54) is 0 Å². The Hall–Kier alpha value is -0.870. The predicted molar refractivity (Wildman–Crippen MR) is 32.6 cm³/mol. The molecule has 0 aliphatic heterocycles. The standard InChI is InChI=1S/C5H9N3O/c6-4(3-9)5-7-1-2-8-5/h1-2,4,9H,3,6H2,(H,7,8)/t4-/m0/s1. The number of imidazole rings is 1. The quantitative estimate of drug-likeness (QED) is 0.496. The van der Waals surface area contributed by atoms with Crippen molar-refractivity contribution in [3.8, 4) is 0 Å². The molecule has 9 heavy (non-hydrogen) atoms. The minimum atomic E-state index is -0.375. The maximum atomic E-state index is 8.52. The zero-order chi connectivity index (χ0) is 6.69. The molecular formula is C5H9N3O. The fraction of sp³-hybridized carbons (Fsp3) is 0.400. The molecule has 50 valence electrons. The second-order valence-electron chi connectivity index (χ2n) is 1.76. The van der Waals surface area contributed by atoms with E-state index in [-0.39, 0.29) is 12.6 Å². The molecule has 0 radical (unpaired) electrons. The van der Waals surface area contributed by atoms with Crippen LogP contribution >= 0.6 is 0 Å². The summed E-state index contributed by atoms with van der Waals surface area (Å²) in [6, 6.07) is -0.375. The molecule has 0 unspecified atom stereocenters. The van der Waals surface area contributed by atoms with Crippen LogP contribution in [-0.4, -0.2) is 21.7 Å². The summed E-state index contributed by atoms with van der Waals surface area (Å²) in [5.41, 5.74) is 5.39. The first kappa shape index (κ1) is 6.25. The van der Waals surface area contributed by atoms with E-state index in [4.69, 9.17) is 10.8 Å². The summed E-state index contributed by atoms with van der Waals surface area (Å²) in [7, 11) is 0. The highest BCUT2D eigenvalue weighted by Gasteiger charge is 2.03. The van der Waals surface area contributed by atoms with E-state index >= 15 is 0 Å². The molecule has 1 atom stereocenters. The number of aromatic amines is 1. The van der Waals surface area contributed by atoms with Crippen molar-refractivity contribution in [2.75, 3.05) is 6.61 Å². The molecule has 0 aliphatic carbocycles. The van der Waals surface area contributed by atoms with Gasteiger partial charge in [-0.15, -0.1) is 0 Å². The van der Waals surface area contributed by atoms with Gasteiger partial charge in [0.15, 0.2) is 0 Å². The van der Waals surface area contributed by atoms with Crippen LogP contribution in [0.3, 0.4) is 0 Å². The third-order valence-corrected chi connectivity index (χ3v) is 1.07. The van der Waals surface area contributed by atoms with Crippen molar-refractivity contribution in [1.82, 2.24) is 9.97 Å². The molecular weight excluding hydrogens is 118 g/mol. The third-order valence-electron chi connectivity index (χ3n) is 1.07. The molecule has 0 spiro atoms. The van der Waals surface area contributed by atoms with E-state index in [1.807, 2.05) is 0 Å². The lowest BCUT2D eigenvalue weighted by Gasteiger charge is -2.01. The molecule has 0 bridgehead atoms. The lowest BCUT2D eigenvalue weighted by Crippen LogP contribution is -2.15. The minimum absolute atomic E-state index is 0.0759. The number of nitrogens with zero attached hydrogens (tertiary/aromatic N) is 1. The summed E-state index contributed by atoms with van der Waals surface area (Å²) in [5.74, 6) is 0.623. The lowest BCUT2D eigenvalue weighted by molar-refractivity contribution is 0.264. The number of nitrogens with two attached hydrogens (primary N) is 1. The largest absolute Gasteiger partial charge is 0.394 e. The lowest BCUT2D eigenvalue weighted by atomic mass is 10.3. The predicted octanol–water partition coefficient (Wildman–Crippen LogP) is -0.598. The van der Waals surface area contributed by atoms with E-state index in [2.05, 4.69) is 9.97 Å². The smallest absolute Gasteiger partial charge is 0.125 e. The average Bonchev–Trinajstić information content (AvgIpc) is 2.37. The maximum Gasteiger partial charge on any atom is 0.125 e. The molecule has 0 aliphatic rings. The van der Waals surface area contributed by atoms with Crippen molar-refractivity contribution in [2.45, 2.75) is 6.04 Å². The van der Waals surface area contributed by atoms with Gasteiger partial charge in [-0.25, -0.2) is 4.98 Å². The number of rotatable bonds is 2. The van der Waals surface area contributed by atoms with Gasteiger partial charge in [0, 0.05) is 12.4 Å². The van der Waals surface area contributed by atoms with Crippen LogP contribution in [0.4, 0.5) is 0 Å². The SMILES string of the molecule is N[C@@H](CO)c1ncc[nH]1. The summed E-state index contributed by atoms with van der Waals surface area (Å²) in [6.45, 7) is -0.0759. The normalized spacial score (nSPS) is 13.6. The Bertz CT molecular complexity index is 161.